The maximum atomic E-state index is 10.9. The Labute approximate surface area is 214 Å². The monoisotopic (exact) mass is 584 g/mol. The zero-order valence-corrected chi connectivity index (χ0v) is 20.3. The summed E-state index contributed by atoms with van der Waals surface area (Å²) in [6, 6.07) is 0. The van der Waals surface area contributed by atoms with Crippen molar-refractivity contribution < 1.29 is 93.6 Å². The summed E-state index contributed by atoms with van der Waals surface area (Å²) >= 11 is 0. The van der Waals surface area contributed by atoms with Gasteiger partial charge in [0.1, 0.15) is 73.2 Å². The molecular weight excluding hydrogens is 551 g/mol. The Bertz CT molecular complexity index is 800. The second-order valence-corrected chi connectivity index (χ2v) is 10.3. The van der Waals surface area contributed by atoms with Crippen LogP contribution in [0.4, 0.5) is 0 Å². The Kier molecular flexibility index (Phi) is 11.0. The molecule has 0 aliphatic carbocycles. The van der Waals surface area contributed by atoms with Crippen molar-refractivity contribution in [3.05, 3.63) is 0 Å². The molecule has 0 aromatic carbocycles. The molecule has 15 atom stereocenters. The van der Waals surface area contributed by atoms with Gasteiger partial charge in [-0.1, -0.05) is 0 Å². The van der Waals surface area contributed by atoms with Gasteiger partial charge in [-0.15, -0.1) is 0 Å². The smallest absolute Gasteiger partial charge is 0.387 e. The zero-order valence-electron chi connectivity index (χ0n) is 19.5. The van der Waals surface area contributed by atoms with Crippen molar-refractivity contribution in [3.8, 4) is 0 Å². The van der Waals surface area contributed by atoms with Crippen molar-refractivity contribution in [3.63, 3.8) is 0 Å². The number of phosphoric acid groups is 1. The Morgan fingerprint density at radius 3 is 1.29 bits per heavy atom. The molecule has 38 heavy (non-hydrogen) atoms. The topological polar surface area (TPSA) is 315 Å². The van der Waals surface area contributed by atoms with Crippen LogP contribution in [0.3, 0.4) is 0 Å². The van der Waals surface area contributed by atoms with Crippen LogP contribution in [0.15, 0.2) is 0 Å². The van der Waals surface area contributed by atoms with Crippen LogP contribution in [-0.4, -0.2) is 173 Å². The Balaban J connectivity index is 1.59. The van der Waals surface area contributed by atoms with Gasteiger partial charge in [-0.2, -0.15) is 0 Å². The first-order valence-corrected chi connectivity index (χ1v) is 12.9. The molecule has 0 spiro atoms. The molecular formula is C18H33O19P. The van der Waals surface area contributed by atoms with Gasteiger partial charge >= 0.3 is 7.82 Å². The SMILES string of the molecule is O=P(O)(O)OC[C@H]1O[C@@H](OC[C@H]2O[C@@H](OC[C@H]3O[C@@H](O)[C@H](O)[C@@H](O)[C@H]3O)[C@H](O)[C@@H](O)[C@H]2O)[C@H](O)[C@@H](O)[C@H]1O. The van der Waals surface area contributed by atoms with E-state index in [2.05, 4.69) is 4.52 Å². The van der Waals surface area contributed by atoms with E-state index in [0.29, 0.717) is 0 Å². The summed E-state index contributed by atoms with van der Waals surface area (Å²) in [5.74, 6) is 0. The summed E-state index contributed by atoms with van der Waals surface area (Å²) < 4.78 is 41.2. The number of phosphoric ester groups is 1. The van der Waals surface area contributed by atoms with Crippen LogP contribution >= 0.6 is 7.82 Å². The van der Waals surface area contributed by atoms with Gasteiger partial charge in [0.2, 0.25) is 0 Å². The Hall–Kier alpha value is -0.490. The molecule has 0 unspecified atom stereocenters. The first-order valence-electron chi connectivity index (χ1n) is 11.3. The van der Waals surface area contributed by atoms with Crippen LogP contribution in [0.5, 0.6) is 0 Å². The molecule has 3 aliphatic rings. The molecule has 3 rings (SSSR count). The molecule has 19 nitrogen and oxygen atoms in total. The highest BCUT2D eigenvalue weighted by Gasteiger charge is 2.49. The molecule has 0 aromatic rings. The summed E-state index contributed by atoms with van der Waals surface area (Å²) in [5, 5.41) is 99.7. The fourth-order valence-corrected chi connectivity index (χ4v) is 4.34. The normalized spacial score (nSPS) is 48.7. The van der Waals surface area contributed by atoms with Crippen LogP contribution in [0, 0.1) is 0 Å². The molecule has 20 heteroatoms. The summed E-state index contributed by atoms with van der Waals surface area (Å²) in [7, 11) is -4.97. The van der Waals surface area contributed by atoms with Gasteiger partial charge in [0.05, 0.1) is 19.8 Å². The fourth-order valence-electron chi connectivity index (χ4n) is 4.00. The molecule has 3 aliphatic heterocycles. The Morgan fingerprint density at radius 2 is 0.868 bits per heavy atom. The Morgan fingerprint density at radius 1 is 0.500 bits per heavy atom. The molecule has 0 aromatic heterocycles. The second kappa shape index (κ2) is 13.0. The quantitative estimate of drug-likeness (QED) is 0.112. The van der Waals surface area contributed by atoms with E-state index in [-0.39, 0.29) is 0 Å². The van der Waals surface area contributed by atoms with E-state index in [9.17, 15) is 55.6 Å². The summed E-state index contributed by atoms with van der Waals surface area (Å²) in [6.45, 7) is -2.21. The summed E-state index contributed by atoms with van der Waals surface area (Å²) in [5.41, 5.74) is 0. The third kappa shape index (κ3) is 7.42. The van der Waals surface area contributed by atoms with E-state index in [1.165, 1.54) is 0 Å². The first kappa shape index (κ1) is 32.0. The first-order chi connectivity index (χ1) is 17.6. The van der Waals surface area contributed by atoms with E-state index in [4.69, 9.17) is 33.5 Å². The maximum absolute atomic E-state index is 10.9. The summed E-state index contributed by atoms with van der Waals surface area (Å²) in [4.78, 5) is 17.6. The predicted octanol–water partition coefficient (Wildman–Crippen LogP) is -7.46. The van der Waals surface area contributed by atoms with Crippen molar-refractivity contribution >= 4 is 7.82 Å². The number of aliphatic hydroxyl groups is 10. The van der Waals surface area contributed by atoms with E-state index >= 15 is 0 Å². The molecule has 0 radical (unpaired) electrons. The van der Waals surface area contributed by atoms with Crippen LogP contribution in [0.2, 0.25) is 0 Å². The van der Waals surface area contributed by atoms with Crippen molar-refractivity contribution in [2.24, 2.45) is 0 Å². The van der Waals surface area contributed by atoms with Gasteiger partial charge in [0, 0.05) is 0 Å². The highest BCUT2D eigenvalue weighted by Crippen LogP contribution is 2.37. The zero-order chi connectivity index (χ0) is 28.5. The number of hydrogen-bond donors (Lipinski definition) is 12. The van der Waals surface area contributed by atoms with Gasteiger partial charge in [0.15, 0.2) is 18.9 Å². The third-order valence-electron chi connectivity index (χ3n) is 6.28. The van der Waals surface area contributed by atoms with E-state index in [1.807, 2.05) is 0 Å². The van der Waals surface area contributed by atoms with Crippen molar-refractivity contribution in [1.29, 1.82) is 0 Å². The molecule has 0 amide bonds. The molecule has 0 saturated carbocycles. The van der Waals surface area contributed by atoms with Crippen molar-refractivity contribution in [1.82, 2.24) is 0 Å². The average molecular weight is 584 g/mol. The van der Waals surface area contributed by atoms with Crippen LogP contribution < -0.4 is 0 Å². The van der Waals surface area contributed by atoms with E-state index in [0.717, 1.165) is 0 Å². The molecule has 3 fully saturated rings. The van der Waals surface area contributed by atoms with E-state index < -0.39 is 120 Å². The van der Waals surface area contributed by atoms with Gasteiger partial charge in [-0.3, -0.25) is 4.52 Å². The lowest BCUT2D eigenvalue weighted by Gasteiger charge is -2.43. The van der Waals surface area contributed by atoms with E-state index in [1.54, 1.807) is 0 Å². The standard InChI is InChI=1S/C18H33O19P/c19-7-4(35-16(28)13(25)10(7)22)1-32-17-14(26)11(23)8(20)5(36-17)2-33-18-15(27)12(24)9(21)6(37-18)3-34-38(29,30)31/h4-28H,1-3H2,(H2,29,30,31)/t4-,5-,6-,7+,8+,9+,10+,11+,12+,13-,14-,15-,16-,17-,18-/m1/s1. The number of rotatable bonds is 9. The number of aliphatic hydroxyl groups excluding tert-OH is 10. The molecule has 3 saturated heterocycles. The van der Waals surface area contributed by atoms with Gasteiger partial charge in [0.25, 0.3) is 0 Å². The average Bonchev–Trinajstić information content (AvgIpc) is 2.86. The minimum atomic E-state index is -4.97. The lowest BCUT2D eigenvalue weighted by Crippen LogP contribution is -2.62. The van der Waals surface area contributed by atoms with Gasteiger partial charge < -0.3 is 84.5 Å². The highest BCUT2D eigenvalue weighted by molar-refractivity contribution is 7.46. The highest BCUT2D eigenvalue weighted by atomic mass is 31.2. The van der Waals surface area contributed by atoms with Crippen LogP contribution in [0.25, 0.3) is 0 Å². The van der Waals surface area contributed by atoms with Crippen LogP contribution in [0.1, 0.15) is 0 Å². The number of hydrogen-bond acceptors (Lipinski definition) is 17. The second-order valence-electron chi connectivity index (χ2n) is 9.02. The van der Waals surface area contributed by atoms with Crippen molar-refractivity contribution in [2.75, 3.05) is 19.8 Å². The molecule has 12 N–H and O–H groups in total. The molecule has 0 bridgehead atoms. The van der Waals surface area contributed by atoms with Crippen molar-refractivity contribution in [2.45, 2.75) is 92.1 Å². The minimum Gasteiger partial charge on any atom is -0.387 e. The van der Waals surface area contributed by atoms with Crippen LogP contribution in [-0.2, 0) is 32.8 Å². The predicted molar refractivity (Wildman–Crippen MR) is 112 cm³/mol. The van der Waals surface area contributed by atoms with Gasteiger partial charge in [-0.25, -0.2) is 4.57 Å². The lowest BCUT2D eigenvalue weighted by atomic mass is 9.98. The third-order valence-corrected chi connectivity index (χ3v) is 6.77. The summed E-state index contributed by atoms with van der Waals surface area (Å²) in [6.07, 6.45) is -26.1. The maximum Gasteiger partial charge on any atom is 0.469 e. The number of ether oxygens (including phenoxy) is 5. The fraction of sp³-hybridized carbons (Fsp3) is 1.00. The molecule has 3 heterocycles. The minimum absolute atomic E-state index is 0.629. The largest absolute Gasteiger partial charge is 0.469 e. The molecule has 224 valence electrons. The lowest BCUT2D eigenvalue weighted by molar-refractivity contribution is -0.340. The van der Waals surface area contributed by atoms with Gasteiger partial charge in [-0.05, 0) is 0 Å².